The second-order valence-corrected chi connectivity index (χ2v) is 4.14. The molecule has 2 nitrogen and oxygen atoms in total. The fourth-order valence-electron chi connectivity index (χ4n) is 1.38. The van der Waals surface area contributed by atoms with E-state index < -0.39 is 0 Å². The van der Waals surface area contributed by atoms with Crippen molar-refractivity contribution in [1.82, 2.24) is 4.90 Å². The fraction of sp³-hybridized carbons (Fsp3) is 0.400. The molecule has 13 heavy (non-hydrogen) atoms. The van der Waals surface area contributed by atoms with Crippen LogP contribution < -0.4 is 5.73 Å². The molecule has 1 rings (SSSR count). The van der Waals surface area contributed by atoms with Crippen molar-refractivity contribution in [2.45, 2.75) is 13.8 Å². The van der Waals surface area contributed by atoms with Crippen LogP contribution in [0.25, 0.3) is 0 Å². The van der Waals surface area contributed by atoms with Crippen molar-refractivity contribution < 1.29 is 0 Å². The zero-order chi connectivity index (χ0) is 10.0. The molecule has 1 heterocycles. The summed E-state index contributed by atoms with van der Waals surface area (Å²) in [6.07, 6.45) is 4.13. The lowest BCUT2D eigenvalue weighted by Crippen LogP contribution is -2.29. The summed E-state index contributed by atoms with van der Waals surface area (Å²) in [4.78, 5) is 2.05. The third-order valence-corrected chi connectivity index (χ3v) is 2.96. The van der Waals surface area contributed by atoms with E-state index >= 15 is 0 Å². The smallest absolute Gasteiger partial charge is 0.107 e. The van der Waals surface area contributed by atoms with E-state index in [0.29, 0.717) is 0 Å². The lowest BCUT2D eigenvalue weighted by Gasteiger charge is -2.26. The number of hydrogen-bond acceptors (Lipinski definition) is 2. The first-order valence-electron chi connectivity index (χ1n) is 4.26. The Morgan fingerprint density at radius 1 is 1.69 bits per heavy atom. The third-order valence-electron chi connectivity index (χ3n) is 2.08. The average molecular weight is 243 g/mol. The molecule has 0 unspecified atom stereocenters. The fourth-order valence-corrected chi connectivity index (χ4v) is 1.70. The minimum atomic E-state index is 0.829. The van der Waals surface area contributed by atoms with Crippen LogP contribution in [0.4, 0.5) is 0 Å². The first-order chi connectivity index (χ1) is 6.06. The molecule has 2 N–H and O–H groups in total. The van der Waals surface area contributed by atoms with E-state index in [4.69, 9.17) is 5.73 Å². The molecule has 0 aliphatic carbocycles. The molecule has 0 atom stereocenters. The third kappa shape index (κ3) is 2.15. The molecule has 3 heteroatoms. The Bertz CT molecular complexity index is 300. The second-order valence-electron chi connectivity index (χ2n) is 3.28. The molecule has 0 amide bonds. The lowest BCUT2D eigenvalue weighted by atomic mass is 10.1. The van der Waals surface area contributed by atoms with Crippen molar-refractivity contribution in [3.05, 3.63) is 33.6 Å². The highest BCUT2D eigenvalue weighted by Gasteiger charge is 2.14. The van der Waals surface area contributed by atoms with Crippen molar-refractivity contribution in [3.63, 3.8) is 0 Å². The van der Waals surface area contributed by atoms with Gasteiger partial charge in [0.05, 0.1) is 0 Å². The number of halogens is 1. The predicted molar refractivity (Wildman–Crippen MR) is 60.3 cm³/mol. The summed E-state index contributed by atoms with van der Waals surface area (Å²) >= 11 is 3.49. The highest BCUT2D eigenvalue weighted by molar-refractivity contribution is 9.12. The van der Waals surface area contributed by atoms with Crippen LogP contribution in [0.3, 0.4) is 0 Å². The van der Waals surface area contributed by atoms with Crippen LogP contribution in [0.2, 0.25) is 0 Å². The second kappa shape index (κ2) is 4.01. The van der Waals surface area contributed by atoms with Crippen LogP contribution in [0.5, 0.6) is 0 Å². The molecule has 72 valence electrons. The van der Waals surface area contributed by atoms with Gasteiger partial charge in [0, 0.05) is 23.6 Å². The van der Waals surface area contributed by atoms with Gasteiger partial charge in [0.25, 0.3) is 0 Å². The maximum atomic E-state index is 5.95. The highest BCUT2D eigenvalue weighted by Crippen LogP contribution is 2.26. The zero-order valence-electron chi connectivity index (χ0n) is 8.26. The molecular formula is C10H15BrN2. The van der Waals surface area contributed by atoms with E-state index in [-0.39, 0.29) is 0 Å². The van der Waals surface area contributed by atoms with Gasteiger partial charge in [-0.1, -0.05) is 27.6 Å². The quantitative estimate of drug-likeness (QED) is 0.765. The summed E-state index contributed by atoms with van der Waals surface area (Å²) in [5, 5.41) is 0. The van der Waals surface area contributed by atoms with E-state index in [2.05, 4.69) is 33.8 Å². The molecule has 0 bridgehead atoms. The van der Waals surface area contributed by atoms with Crippen LogP contribution in [0.15, 0.2) is 33.6 Å². The number of allylic oxidation sites excluding steroid dienone is 4. The van der Waals surface area contributed by atoms with Crippen LogP contribution >= 0.6 is 15.9 Å². The van der Waals surface area contributed by atoms with Gasteiger partial charge in [-0.05, 0) is 19.9 Å². The molecule has 0 spiro atoms. The Kier molecular flexibility index (Phi) is 3.20. The van der Waals surface area contributed by atoms with Crippen molar-refractivity contribution in [2.24, 2.45) is 5.73 Å². The van der Waals surface area contributed by atoms with Crippen LogP contribution in [-0.2, 0) is 0 Å². The molecule has 0 radical (unpaired) electrons. The summed E-state index contributed by atoms with van der Waals surface area (Å²) in [7, 11) is 2.00. The molecule has 0 aromatic rings. The van der Waals surface area contributed by atoms with Crippen molar-refractivity contribution in [1.29, 1.82) is 0 Å². The first-order valence-corrected chi connectivity index (χ1v) is 5.05. The Hall–Kier alpha value is -0.700. The minimum absolute atomic E-state index is 0.829. The number of hydrogen-bond donors (Lipinski definition) is 1. The van der Waals surface area contributed by atoms with Gasteiger partial charge in [-0.15, -0.1) is 0 Å². The molecule has 0 saturated heterocycles. The number of likely N-dealkylation sites (N-methyl/N-ethyl adjacent to an activating group) is 1. The van der Waals surface area contributed by atoms with Crippen molar-refractivity contribution in [2.75, 3.05) is 13.6 Å². The van der Waals surface area contributed by atoms with Crippen LogP contribution in [0, 0.1) is 0 Å². The monoisotopic (exact) mass is 242 g/mol. The highest BCUT2D eigenvalue weighted by atomic mass is 79.9. The average Bonchev–Trinajstić information content (AvgIpc) is 2.10. The number of nitrogens with two attached hydrogens (primary N) is 1. The molecule has 0 aromatic heterocycles. The SMILES string of the molecule is C/C=C(/Br)C1=C(N)N(C)CC(C)=C1. The van der Waals surface area contributed by atoms with Gasteiger partial charge in [-0.3, -0.25) is 0 Å². The zero-order valence-corrected chi connectivity index (χ0v) is 9.85. The van der Waals surface area contributed by atoms with E-state index in [0.717, 1.165) is 22.4 Å². The Morgan fingerprint density at radius 2 is 2.31 bits per heavy atom. The molecule has 1 aliphatic heterocycles. The molecule has 0 saturated carbocycles. The van der Waals surface area contributed by atoms with Gasteiger partial charge < -0.3 is 10.6 Å². The summed E-state index contributed by atoms with van der Waals surface area (Å²) in [5.41, 5.74) is 8.35. The van der Waals surface area contributed by atoms with Crippen LogP contribution in [0.1, 0.15) is 13.8 Å². The minimum Gasteiger partial charge on any atom is -0.385 e. The van der Waals surface area contributed by atoms with Gasteiger partial charge in [0.1, 0.15) is 5.82 Å². The van der Waals surface area contributed by atoms with E-state index in [1.807, 2.05) is 20.0 Å². The van der Waals surface area contributed by atoms with Gasteiger partial charge in [-0.2, -0.15) is 0 Å². The molecular weight excluding hydrogens is 228 g/mol. The van der Waals surface area contributed by atoms with E-state index in [1.54, 1.807) is 0 Å². The van der Waals surface area contributed by atoms with Crippen LogP contribution in [-0.4, -0.2) is 18.5 Å². The van der Waals surface area contributed by atoms with Gasteiger partial charge in [0.15, 0.2) is 0 Å². The summed E-state index contributed by atoms with van der Waals surface area (Å²) in [5.74, 6) is 0.829. The van der Waals surface area contributed by atoms with E-state index in [1.165, 1.54) is 5.57 Å². The standard InChI is InChI=1S/C10H15BrN2/c1-4-9(11)8-5-7(2)6-13(3)10(8)12/h4-5H,6,12H2,1-3H3/b9-4+. The van der Waals surface area contributed by atoms with E-state index in [9.17, 15) is 0 Å². The first kappa shape index (κ1) is 10.4. The number of rotatable bonds is 1. The topological polar surface area (TPSA) is 29.3 Å². The Labute approximate surface area is 87.9 Å². The van der Waals surface area contributed by atoms with Crippen molar-refractivity contribution in [3.8, 4) is 0 Å². The summed E-state index contributed by atoms with van der Waals surface area (Å²) in [6.45, 7) is 5.01. The van der Waals surface area contributed by atoms with Gasteiger partial charge >= 0.3 is 0 Å². The Morgan fingerprint density at radius 3 is 2.85 bits per heavy atom. The largest absolute Gasteiger partial charge is 0.385 e. The normalized spacial score (nSPS) is 19.2. The molecule has 0 aromatic carbocycles. The predicted octanol–water partition coefficient (Wildman–Crippen LogP) is 2.35. The number of nitrogens with zero attached hydrogens (tertiary/aromatic N) is 1. The van der Waals surface area contributed by atoms with Crippen molar-refractivity contribution >= 4 is 15.9 Å². The Balaban J connectivity index is 3.11. The molecule has 0 fully saturated rings. The molecule has 1 aliphatic rings. The maximum Gasteiger partial charge on any atom is 0.107 e. The van der Waals surface area contributed by atoms with Gasteiger partial charge in [0.2, 0.25) is 0 Å². The lowest BCUT2D eigenvalue weighted by molar-refractivity contribution is 0.438. The summed E-state index contributed by atoms with van der Waals surface area (Å²) < 4.78 is 1.05. The summed E-state index contributed by atoms with van der Waals surface area (Å²) in [6, 6.07) is 0. The van der Waals surface area contributed by atoms with Gasteiger partial charge in [-0.25, -0.2) is 0 Å². The maximum absolute atomic E-state index is 5.95.